The fraction of sp³-hybridized carbons (Fsp3) is 0.631. The van der Waals surface area contributed by atoms with Crippen molar-refractivity contribution in [2.75, 3.05) is 120 Å². The molecule has 3 rings (SSSR count). The van der Waals surface area contributed by atoms with E-state index >= 15 is 0 Å². The number of Topliss-reactive ketones (excluding diaryl/α,β-unsaturated/α-hetero) is 4. The van der Waals surface area contributed by atoms with Crippen molar-refractivity contribution in [3.63, 3.8) is 0 Å². The fourth-order valence-corrected chi connectivity index (χ4v) is 8.76. The number of rotatable bonds is 49. The van der Waals surface area contributed by atoms with Crippen LogP contribution in [0.5, 0.6) is 34.5 Å². The van der Waals surface area contributed by atoms with Gasteiger partial charge in [-0.3, -0.25) is 28.8 Å². The number of amides is 2. The highest BCUT2D eigenvalue weighted by molar-refractivity contribution is 6.10. The van der Waals surface area contributed by atoms with Crippen LogP contribution in [0, 0.1) is 11.8 Å². The normalized spacial score (nSPS) is 11.3. The van der Waals surface area contributed by atoms with Gasteiger partial charge in [0, 0.05) is 31.0 Å². The number of ether oxygens (including phenoxy) is 6. The Balaban J connectivity index is 2.13. The molecular formula is C65H104N8O12. The van der Waals surface area contributed by atoms with Crippen molar-refractivity contribution in [1.29, 1.82) is 0 Å². The van der Waals surface area contributed by atoms with Crippen molar-refractivity contribution in [1.82, 2.24) is 20.4 Å². The largest absolute Gasteiger partial charge is 0.493 e. The molecule has 3 aromatic rings. The molecule has 0 aromatic heterocycles. The first-order valence-corrected chi connectivity index (χ1v) is 30.9. The zero-order chi connectivity index (χ0) is 62.5. The number of unbranched alkanes of at least 4 members (excludes halogenated alkanes) is 7. The lowest BCUT2D eigenvalue weighted by atomic mass is 9.99. The Morgan fingerprint density at radius 3 is 0.941 bits per heavy atom. The predicted molar refractivity (Wildman–Crippen MR) is 336 cm³/mol. The smallest absolute Gasteiger partial charge is 0.255 e. The highest BCUT2D eigenvalue weighted by Gasteiger charge is 2.28. The van der Waals surface area contributed by atoms with Crippen molar-refractivity contribution in [2.24, 2.45) is 34.8 Å². The van der Waals surface area contributed by atoms with Crippen LogP contribution in [0.25, 0.3) is 0 Å². The van der Waals surface area contributed by atoms with E-state index in [1.54, 1.807) is 12.1 Å². The third-order valence-corrected chi connectivity index (χ3v) is 13.9. The lowest BCUT2D eigenvalue weighted by Gasteiger charge is -2.19. The van der Waals surface area contributed by atoms with Gasteiger partial charge in [-0.2, -0.15) is 0 Å². The molecule has 2 amide bonds. The van der Waals surface area contributed by atoms with Gasteiger partial charge in [-0.25, -0.2) is 0 Å². The first kappa shape index (κ1) is 73.1. The molecule has 0 aliphatic rings. The molecule has 0 aliphatic carbocycles. The first-order chi connectivity index (χ1) is 40.8. The van der Waals surface area contributed by atoms with Crippen LogP contribution in [0.4, 0.5) is 0 Å². The number of benzene rings is 3. The molecule has 0 saturated carbocycles. The molecule has 0 spiro atoms. The van der Waals surface area contributed by atoms with Gasteiger partial charge in [-0.15, -0.1) is 0 Å². The predicted octanol–water partition coefficient (Wildman–Crippen LogP) is 8.45. The maximum absolute atomic E-state index is 14.6. The SMILES string of the molecule is CC(C)CCOc1cc(OCCC(C)C)c(C(=O)NCC(=O)c2cc(C(=O)CCCN(C)C)c(OCCCCCN)cc2OCCCCCN)cc1C(=O)NCC(=O)c1cc(C(=O)CCCN(C)C)c(OCCCCCN)cc1OCCCCN. The molecule has 20 nitrogen and oxygen atoms in total. The third-order valence-electron chi connectivity index (χ3n) is 13.9. The first-order valence-electron chi connectivity index (χ1n) is 30.9. The number of ketones is 4. The molecule has 85 heavy (non-hydrogen) atoms. The van der Waals surface area contributed by atoms with E-state index < -0.39 is 36.5 Å². The standard InChI is InChI=1S/C65H104N8O12/c1-46(2)24-36-84-62-43-63(85-37-25-47(3)4)53(65(79)71-45-57(77)51-39-49(55(75)23-21-31-73(7)8)59(81-33-17-10-13-27-67)42-61(51)83-35-19-15-29-69)40-52(62)64(78)70-44-56(76)50-38-48(54(74)22-20-30-72(5)6)58(80-32-16-9-12-26-66)41-60(50)82-34-18-11-14-28-68/h38-43,46-47H,9-37,44-45,66-69H2,1-8H3,(H,70,78)(H,71,79). The summed E-state index contributed by atoms with van der Waals surface area (Å²) >= 11 is 0. The Hall–Kier alpha value is -6.16. The van der Waals surface area contributed by atoms with Crippen LogP contribution in [-0.4, -0.2) is 165 Å². The third kappa shape index (κ3) is 27.8. The zero-order valence-corrected chi connectivity index (χ0v) is 52.6. The van der Waals surface area contributed by atoms with Crippen molar-refractivity contribution < 1.29 is 57.2 Å². The molecule has 10 N–H and O–H groups in total. The van der Waals surface area contributed by atoms with Gasteiger partial charge in [-0.1, -0.05) is 27.7 Å². The second-order valence-electron chi connectivity index (χ2n) is 22.9. The summed E-state index contributed by atoms with van der Waals surface area (Å²) in [5, 5.41) is 5.50. The van der Waals surface area contributed by atoms with Gasteiger partial charge in [0.1, 0.15) is 34.5 Å². The lowest BCUT2D eigenvalue weighted by molar-refractivity contribution is 0.0892. The number of hydrogen-bond acceptors (Lipinski definition) is 18. The van der Waals surface area contributed by atoms with E-state index in [2.05, 4.69) is 10.6 Å². The van der Waals surface area contributed by atoms with Gasteiger partial charge in [0.25, 0.3) is 11.8 Å². The summed E-state index contributed by atoms with van der Waals surface area (Å²) in [5.74, 6) is -1.28. The molecular weight excluding hydrogens is 1080 g/mol. The van der Waals surface area contributed by atoms with Crippen molar-refractivity contribution in [2.45, 2.75) is 137 Å². The van der Waals surface area contributed by atoms with Gasteiger partial charge in [0.15, 0.2) is 23.1 Å². The van der Waals surface area contributed by atoms with Crippen LogP contribution < -0.4 is 62.0 Å². The van der Waals surface area contributed by atoms with E-state index in [-0.39, 0.29) is 119 Å². The summed E-state index contributed by atoms with van der Waals surface area (Å²) in [6.45, 7) is 12.1. The fourth-order valence-electron chi connectivity index (χ4n) is 8.76. The van der Waals surface area contributed by atoms with Gasteiger partial charge in [-0.05, 0) is 194 Å². The van der Waals surface area contributed by atoms with Crippen LogP contribution in [0.3, 0.4) is 0 Å². The minimum atomic E-state index is -0.743. The summed E-state index contributed by atoms with van der Waals surface area (Å²) in [6, 6.07) is 8.99. The molecule has 0 aliphatic heterocycles. The maximum Gasteiger partial charge on any atom is 0.255 e. The second kappa shape index (κ2) is 41.8. The van der Waals surface area contributed by atoms with Crippen molar-refractivity contribution in [3.05, 3.63) is 69.8 Å². The molecule has 0 atom stereocenters. The second-order valence-corrected chi connectivity index (χ2v) is 22.9. The van der Waals surface area contributed by atoms with Crippen molar-refractivity contribution in [3.8, 4) is 34.5 Å². The Kier molecular flexibility index (Phi) is 36.0. The summed E-state index contributed by atoms with van der Waals surface area (Å²) in [7, 11) is 7.72. The van der Waals surface area contributed by atoms with E-state index in [1.807, 2.05) is 65.7 Å². The van der Waals surface area contributed by atoms with Crippen LogP contribution in [0.15, 0.2) is 36.4 Å². The summed E-state index contributed by atoms with van der Waals surface area (Å²) in [5.41, 5.74) is 23.5. The molecule has 0 unspecified atom stereocenters. The molecule has 0 bridgehead atoms. The van der Waals surface area contributed by atoms with Gasteiger partial charge in [0.2, 0.25) is 0 Å². The number of carbonyl (C=O) groups excluding carboxylic acids is 6. The Morgan fingerprint density at radius 2 is 0.635 bits per heavy atom. The van der Waals surface area contributed by atoms with E-state index in [0.717, 1.165) is 38.5 Å². The van der Waals surface area contributed by atoms with Crippen LogP contribution >= 0.6 is 0 Å². The van der Waals surface area contributed by atoms with E-state index in [9.17, 15) is 28.8 Å². The molecule has 3 aromatic carbocycles. The molecule has 20 heteroatoms. The van der Waals surface area contributed by atoms with Crippen LogP contribution in [-0.2, 0) is 0 Å². The highest BCUT2D eigenvalue weighted by atomic mass is 16.5. The van der Waals surface area contributed by atoms with Crippen LogP contribution in [0.2, 0.25) is 0 Å². The van der Waals surface area contributed by atoms with E-state index in [1.165, 1.54) is 24.3 Å². The number of hydrogen-bond donors (Lipinski definition) is 6. The number of nitrogens with one attached hydrogen (secondary N) is 2. The lowest BCUT2D eigenvalue weighted by Crippen LogP contribution is -2.32. The molecule has 0 saturated heterocycles. The summed E-state index contributed by atoms with van der Waals surface area (Å²) in [4.78, 5) is 90.1. The monoisotopic (exact) mass is 1190 g/mol. The minimum absolute atomic E-state index is 0.0695. The molecule has 0 radical (unpaired) electrons. The van der Waals surface area contributed by atoms with Crippen LogP contribution in [0.1, 0.15) is 199 Å². The zero-order valence-electron chi connectivity index (χ0n) is 52.6. The molecule has 0 fully saturated rings. The minimum Gasteiger partial charge on any atom is -0.493 e. The van der Waals surface area contributed by atoms with Gasteiger partial charge < -0.3 is 71.8 Å². The average molecular weight is 1190 g/mol. The van der Waals surface area contributed by atoms with Crippen molar-refractivity contribution >= 4 is 34.9 Å². The highest BCUT2D eigenvalue weighted by Crippen LogP contribution is 2.35. The van der Waals surface area contributed by atoms with Gasteiger partial charge in [0.05, 0.1) is 86.1 Å². The topological polar surface area (TPSA) is 292 Å². The molecule has 0 heterocycles. The Bertz CT molecular complexity index is 2520. The van der Waals surface area contributed by atoms with E-state index in [0.29, 0.717) is 122 Å². The number of nitrogens with two attached hydrogens (primary N) is 4. The Morgan fingerprint density at radius 1 is 0.365 bits per heavy atom. The van der Waals surface area contributed by atoms with E-state index in [4.69, 9.17) is 51.4 Å². The quantitative estimate of drug-likeness (QED) is 0.0228. The number of nitrogens with zero attached hydrogens (tertiary/aromatic N) is 2. The number of carbonyl (C=O) groups is 6. The summed E-state index contributed by atoms with van der Waals surface area (Å²) < 4.78 is 37.4. The average Bonchev–Trinajstić information content (AvgIpc) is 3.42. The summed E-state index contributed by atoms with van der Waals surface area (Å²) in [6.07, 6.45) is 11.1. The van der Waals surface area contributed by atoms with Gasteiger partial charge >= 0.3 is 0 Å². The molecule has 476 valence electrons. The Labute approximate surface area is 506 Å². The maximum atomic E-state index is 14.6.